The highest BCUT2D eigenvalue weighted by Gasteiger charge is 2.32. The van der Waals surface area contributed by atoms with E-state index >= 15 is 0 Å². The number of alkyl halides is 3. The molecule has 0 atom stereocenters. The summed E-state index contributed by atoms with van der Waals surface area (Å²) in [7, 11) is -3.86. The lowest BCUT2D eigenvalue weighted by Crippen LogP contribution is -2.50. The number of halogens is 3. The van der Waals surface area contributed by atoms with Gasteiger partial charge in [-0.25, -0.2) is 8.42 Å². The van der Waals surface area contributed by atoms with Crippen molar-refractivity contribution in [1.29, 1.82) is 0 Å². The second kappa shape index (κ2) is 8.10. The van der Waals surface area contributed by atoms with Gasteiger partial charge in [0.2, 0.25) is 15.9 Å². The first kappa shape index (κ1) is 20.6. The predicted octanol–water partition coefficient (Wildman–Crippen LogP) is 2.72. The number of carbonyl (C=O) groups is 1. The summed E-state index contributed by atoms with van der Waals surface area (Å²) in [6.45, 7) is 0.770. The van der Waals surface area contributed by atoms with Crippen LogP contribution in [0.15, 0.2) is 46.0 Å². The lowest BCUT2D eigenvalue weighted by Gasteiger charge is -2.34. The Bertz CT molecular complexity index is 905. The maximum Gasteiger partial charge on any atom is 0.573 e. The van der Waals surface area contributed by atoms with Gasteiger partial charge in [0.15, 0.2) is 0 Å². The minimum Gasteiger partial charge on any atom is -0.406 e. The van der Waals surface area contributed by atoms with Gasteiger partial charge in [-0.1, -0.05) is 0 Å². The molecule has 3 rings (SSSR count). The second-order valence-corrected chi connectivity index (χ2v) is 8.83. The third-order valence-electron chi connectivity index (χ3n) is 4.22. The molecule has 11 heteroatoms. The number of sulfonamides is 1. The summed E-state index contributed by atoms with van der Waals surface area (Å²) in [6, 6.07) is 5.94. The van der Waals surface area contributed by atoms with Crippen LogP contribution in [0.2, 0.25) is 0 Å². The van der Waals surface area contributed by atoms with Crippen molar-refractivity contribution in [2.24, 2.45) is 0 Å². The van der Waals surface area contributed by atoms with E-state index in [1.165, 1.54) is 15.6 Å². The molecule has 1 aliphatic heterocycles. The van der Waals surface area contributed by atoms with E-state index in [9.17, 15) is 26.4 Å². The van der Waals surface area contributed by atoms with E-state index < -0.39 is 22.1 Å². The molecule has 28 heavy (non-hydrogen) atoms. The van der Waals surface area contributed by atoms with E-state index in [2.05, 4.69) is 4.74 Å². The topological polar surface area (TPSA) is 66.9 Å². The van der Waals surface area contributed by atoms with Crippen LogP contribution < -0.4 is 4.74 Å². The molecule has 1 aromatic carbocycles. The number of piperazine rings is 1. The van der Waals surface area contributed by atoms with Crippen molar-refractivity contribution in [1.82, 2.24) is 9.21 Å². The Morgan fingerprint density at radius 1 is 1.07 bits per heavy atom. The molecule has 6 nitrogen and oxygen atoms in total. The Morgan fingerprint density at radius 3 is 2.25 bits per heavy atom. The molecular formula is C17H17F3N2O4S2. The quantitative estimate of drug-likeness (QED) is 0.726. The summed E-state index contributed by atoms with van der Waals surface area (Å²) >= 11 is 1.50. The maximum atomic E-state index is 12.7. The third kappa shape index (κ3) is 5.03. The van der Waals surface area contributed by atoms with Gasteiger partial charge in [0.1, 0.15) is 5.75 Å². The standard InChI is InChI=1S/C17H17F3N2O4S2/c18-17(19,20)26-14-1-3-15(4-2-14)28(24,25)22-8-6-21(7-9-22)16(23)11-13-5-10-27-12-13/h1-5,10,12H,6-9,11H2. The Labute approximate surface area is 164 Å². The third-order valence-corrected chi connectivity index (χ3v) is 6.87. The van der Waals surface area contributed by atoms with Gasteiger partial charge in [0.25, 0.3) is 0 Å². The first-order chi connectivity index (χ1) is 13.1. The monoisotopic (exact) mass is 434 g/mol. The molecule has 1 saturated heterocycles. The van der Waals surface area contributed by atoms with Crippen molar-refractivity contribution in [2.75, 3.05) is 26.2 Å². The molecule has 0 radical (unpaired) electrons. The molecule has 0 bridgehead atoms. The summed E-state index contributed by atoms with van der Waals surface area (Å²) in [5, 5.41) is 3.78. The minimum atomic E-state index is -4.84. The van der Waals surface area contributed by atoms with E-state index in [0.29, 0.717) is 0 Å². The molecule has 2 heterocycles. The van der Waals surface area contributed by atoms with Gasteiger partial charge in [-0.2, -0.15) is 15.6 Å². The summed E-state index contributed by atoms with van der Waals surface area (Å²) < 4.78 is 66.9. The predicted molar refractivity (Wildman–Crippen MR) is 96.5 cm³/mol. The summed E-state index contributed by atoms with van der Waals surface area (Å²) in [6.07, 6.45) is -4.57. The zero-order valence-corrected chi connectivity index (χ0v) is 16.2. The Kier molecular flexibility index (Phi) is 5.96. The fourth-order valence-electron chi connectivity index (χ4n) is 2.82. The normalized spacial score (nSPS) is 16.2. The summed E-state index contributed by atoms with van der Waals surface area (Å²) in [4.78, 5) is 13.8. The fraction of sp³-hybridized carbons (Fsp3) is 0.353. The highest BCUT2D eigenvalue weighted by Crippen LogP contribution is 2.25. The minimum absolute atomic E-state index is 0.0656. The van der Waals surface area contributed by atoms with Gasteiger partial charge in [0.05, 0.1) is 11.3 Å². The number of nitrogens with zero attached hydrogens (tertiary/aromatic N) is 2. The number of carbonyl (C=O) groups excluding carboxylic acids is 1. The molecule has 0 N–H and O–H groups in total. The molecule has 0 saturated carbocycles. The fourth-order valence-corrected chi connectivity index (χ4v) is 4.91. The van der Waals surface area contributed by atoms with Crippen LogP contribution in [-0.2, 0) is 21.2 Å². The highest BCUT2D eigenvalue weighted by molar-refractivity contribution is 7.89. The molecule has 0 aliphatic carbocycles. The molecule has 1 fully saturated rings. The zero-order valence-electron chi connectivity index (χ0n) is 14.6. The van der Waals surface area contributed by atoms with Crippen LogP contribution in [0.3, 0.4) is 0 Å². The van der Waals surface area contributed by atoms with Gasteiger partial charge >= 0.3 is 6.36 Å². The van der Waals surface area contributed by atoms with Crippen molar-refractivity contribution >= 4 is 27.3 Å². The maximum absolute atomic E-state index is 12.7. The molecule has 152 valence electrons. The molecule has 1 aromatic heterocycles. The Hall–Kier alpha value is -2.11. The van der Waals surface area contributed by atoms with E-state index in [1.54, 1.807) is 4.90 Å². The number of hydrogen-bond donors (Lipinski definition) is 0. The second-order valence-electron chi connectivity index (χ2n) is 6.11. The number of ether oxygens (including phenoxy) is 1. The average molecular weight is 434 g/mol. The first-order valence-corrected chi connectivity index (χ1v) is 10.7. The molecule has 2 aromatic rings. The number of amides is 1. The molecule has 1 amide bonds. The van der Waals surface area contributed by atoms with Crippen LogP contribution >= 0.6 is 11.3 Å². The van der Waals surface area contributed by atoms with E-state index in [0.717, 1.165) is 29.8 Å². The number of hydrogen-bond acceptors (Lipinski definition) is 5. The van der Waals surface area contributed by atoms with Crippen LogP contribution in [-0.4, -0.2) is 56.1 Å². The molecular weight excluding hydrogens is 417 g/mol. The lowest BCUT2D eigenvalue weighted by molar-refractivity contribution is -0.274. The SMILES string of the molecule is O=C(Cc1ccsc1)N1CCN(S(=O)(=O)c2ccc(OC(F)(F)F)cc2)CC1. The van der Waals surface area contributed by atoms with Crippen molar-refractivity contribution in [3.63, 3.8) is 0 Å². The van der Waals surface area contributed by atoms with Crippen molar-refractivity contribution in [3.05, 3.63) is 46.7 Å². The number of benzene rings is 1. The van der Waals surface area contributed by atoms with E-state index in [1.807, 2.05) is 16.8 Å². The van der Waals surface area contributed by atoms with Crippen molar-refractivity contribution in [2.45, 2.75) is 17.7 Å². The number of rotatable bonds is 5. The zero-order chi connectivity index (χ0) is 20.4. The van der Waals surface area contributed by atoms with Crippen LogP contribution in [0.5, 0.6) is 5.75 Å². The van der Waals surface area contributed by atoms with Crippen LogP contribution in [0.4, 0.5) is 13.2 Å². The molecule has 0 spiro atoms. The first-order valence-electron chi connectivity index (χ1n) is 8.30. The largest absolute Gasteiger partial charge is 0.573 e. The summed E-state index contributed by atoms with van der Waals surface area (Å²) in [5.41, 5.74) is 0.922. The van der Waals surface area contributed by atoms with Crippen LogP contribution in [0.25, 0.3) is 0 Å². The molecule has 1 aliphatic rings. The van der Waals surface area contributed by atoms with Gasteiger partial charge < -0.3 is 9.64 Å². The van der Waals surface area contributed by atoms with Gasteiger partial charge in [0, 0.05) is 26.2 Å². The van der Waals surface area contributed by atoms with Gasteiger partial charge in [-0.05, 0) is 46.7 Å². The number of thiophene rings is 1. The smallest absolute Gasteiger partial charge is 0.406 e. The Morgan fingerprint density at radius 2 is 1.71 bits per heavy atom. The Balaban J connectivity index is 1.60. The molecule has 0 unspecified atom stereocenters. The summed E-state index contributed by atoms with van der Waals surface area (Å²) in [5.74, 6) is -0.556. The van der Waals surface area contributed by atoms with Crippen molar-refractivity contribution < 1.29 is 31.1 Å². The van der Waals surface area contributed by atoms with Crippen LogP contribution in [0, 0.1) is 0 Å². The average Bonchev–Trinajstić information content (AvgIpc) is 3.14. The van der Waals surface area contributed by atoms with Gasteiger partial charge in [-0.15, -0.1) is 13.2 Å². The van der Waals surface area contributed by atoms with E-state index in [-0.39, 0.29) is 43.4 Å². The van der Waals surface area contributed by atoms with Gasteiger partial charge in [-0.3, -0.25) is 4.79 Å². The van der Waals surface area contributed by atoms with Crippen LogP contribution in [0.1, 0.15) is 5.56 Å². The van der Waals surface area contributed by atoms with Crippen molar-refractivity contribution in [3.8, 4) is 5.75 Å². The highest BCUT2D eigenvalue weighted by atomic mass is 32.2. The van der Waals surface area contributed by atoms with E-state index in [4.69, 9.17) is 0 Å². The lowest BCUT2D eigenvalue weighted by atomic mass is 10.2.